The Labute approximate surface area is 144 Å². The molecule has 0 spiro atoms. The monoisotopic (exact) mass is 335 g/mol. The van der Waals surface area contributed by atoms with Crippen LogP contribution < -0.4 is 10.1 Å². The number of hydrogen-bond donors (Lipinski definition) is 1. The number of esters is 1. The second-order valence-electron chi connectivity index (χ2n) is 6.42. The zero-order valence-electron chi connectivity index (χ0n) is 15.5. The fraction of sp³-hybridized carbons (Fsp3) is 0.556. The molecule has 0 saturated carbocycles. The topological polar surface area (TPSA) is 63.2 Å². The molecule has 1 aromatic rings. The average Bonchev–Trinajstić information content (AvgIpc) is 2.48. The average molecular weight is 335 g/mol. The summed E-state index contributed by atoms with van der Waals surface area (Å²) in [4.78, 5) is 17.9. The number of carbonyl (C=O) groups excluding carboxylic acids is 1. The van der Waals surface area contributed by atoms with Crippen molar-refractivity contribution in [2.45, 2.75) is 39.8 Å². The lowest BCUT2D eigenvalue weighted by molar-refractivity contribution is -0.153. The van der Waals surface area contributed by atoms with Gasteiger partial charge < -0.3 is 19.7 Å². The van der Waals surface area contributed by atoms with E-state index in [9.17, 15) is 4.79 Å². The molecule has 6 nitrogen and oxygen atoms in total. The Balaban J connectivity index is 2.54. The van der Waals surface area contributed by atoms with Gasteiger partial charge >= 0.3 is 5.97 Å². The summed E-state index contributed by atoms with van der Waals surface area (Å²) in [5.41, 5.74) is 0.636. The molecule has 0 aliphatic heterocycles. The second-order valence-corrected chi connectivity index (χ2v) is 6.42. The molecule has 1 rings (SSSR count). The highest BCUT2D eigenvalue weighted by Crippen LogP contribution is 2.13. The summed E-state index contributed by atoms with van der Waals surface area (Å²) in [7, 11) is 3.60. The SMILES string of the molecule is CCOc1ccc(CN(C)C(=NC)NCC(=O)OC(C)(C)C)cc1. The molecular weight excluding hydrogens is 306 g/mol. The van der Waals surface area contributed by atoms with Crippen molar-refractivity contribution in [3.8, 4) is 5.75 Å². The van der Waals surface area contributed by atoms with Gasteiger partial charge in [-0.25, -0.2) is 0 Å². The van der Waals surface area contributed by atoms with Gasteiger partial charge in [0.15, 0.2) is 5.96 Å². The smallest absolute Gasteiger partial charge is 0.325 e. The highest BCUT2D eigenvalue weighted by atomic mass is 16.6. The predicted molar refractivity (Wildman–Crippen MR) is 96.3 cm³/mol. The number of rotatable bonds is 6. The normalized spacial score (nSPS) is 11.8. The number of nitrogens with one attached hydrogen (secondary N) is 1. The van der Waals surface area contributed by atoms with Crippen molar-refractivity contribution in [3.63, 3.8) is 0 Å². The van der Waals surface area contributed by atoms with Crippen LogP contribution in [0.1, 0.15) is 33.3 Å². The second kappa shape index (κ2) is 9.15. The molecule has 0 aromatic heterocycles. The van der Waals surface area contributed by atoms with E-state index in [4.69, 9.17) is 9.47 Å². The maximum atomic E-state index is 11.8. The van der Waals surface area contributed by atoms with Crippen molar-refractivity contribution in [1.82, 2.24) is 10.2 Å². The van der Waals surface area contributed by atoms with Gasteiger partial charge in [-0.2, -0.15) is 0 Å². The van der Waals surface area contributed by atoms with Crippen molar-refractivity contribution in [2.75, 3.05) is 27.2 Å². The van der Waals surface area contributed by atoms with Gasteiger partial charge in [0, 0.05) is 20.6 Å². The summed E-state index contributed by atoms with van der Waals surface area (Å²) < 4.78 is 10.7. The number of guanidine groups is 1. The van der Waals surface area contributed by atoms with Crippen LogP contribution in [-0.2, 0) is 16.1 Å². The molecule has 24 heavy (non-hydrogen) atoms. The molecule has 0 aliphatic carbocycles. The minimum atomic E-state index is -0.490. The lowest BCUT2D eigenvalue weighted by Gasteiger charge is -2.23. The number of aliphatic imine (C=N–C) groups is 1. The molecular formula is C18H29N3O3. The van der Waals surface area contributed by atoms with Crippen molar-refractivity contribution in [2.24, 2.45) is 4.99 Å². The minimum absolute atomic E-state index is 0.0809. The first-order chi connectivity index (χ1) is 11.2. The molecule has 1 aromatic carbocycles. The van der Waals surface area contributed by atoms with Gasteiger partial charge in [-0.3, -0.25) is 9.79 Å². The number of ether oxygens (including phenoxy) is 2. The van der Waals surface area contributed by atoms with Crippen LogP contribution >= 0.6 is 0 Å². The highest BCUT2D eigenvalue weighted by molar-refractivity contribution is 5.84. The zero-order valence-corrected chi connectivity index (χ0v) is 15.5. The summed E-state index contributed by atoms with van der Waals surface area (Å²) in [6, 6.07) is 7.93. The maximum absolute atomic E-state index is 11.8. The molecule has 134 valence electrons. The predicted octanol–water partition coefficient (Wildman–Crippen LogP) is 2.43. The standard InChI is InChI=1S/C18H29N3O3/c1-7-23-15-10-8-14(9-11-15)13-21(6)17(19-5)20-12-16(22)24-18(2,3)4/h8-11H,7,12-13H2,1-6H3,(H,19,20). The van der Waals surface area contributed by atoms with E-state index in [1.807, 2.05) is 63.9 Å². The van der Waals surface area contributed by atoms with Crippen molar-refractivity contribution in [1.29, 1.82) is 0 Å². The van der Waals surface area contributed by atoms with Crippen LogP contribution in [0.5, 0.6) is 5.75 Å². The van der Waals surface area contributed by atoms with Crippen LogP contribution in [0.4, 0.5) is 0 Å². The Morgan fingerprint density at radius 1 is 1.25 bits per heavy atom. The first-order valence-electron chi connectivity index (χ1n) is 8.10. The zero-order chi connectivity index (χ0) is 18.2. The molecule has 0 fully saturated rings. The van der Waals surface area contributed by atoms with Gasteiger partial charge in [0.1, 0.15) is 17.9 Å². The molecule has 0 unspecified atom stereocenters. The van der Waals surface area contributed by atoms with E-state index in [0.29, 0.717) is 19.1 Å². The van der Waals surface area contributed by atoms with Crippen LogP contribution in [0.15, 0.2) is 29.3 Å². The Kier molecular flexibility index (Phi) is 7.55. The maximum Gasteiger partial charge on any atom is 0.325 e. The third-order valence-electron chi connectivity index (χ3n) is 3.04. The van der Waals surface area contributed by atoms with Crippen LogP contribution in [0.25, 0.3) is 0 Å². The first-order valence-corrected chi connectivity index (χ1v) is 8.10. The third-order valence-corrected chi connectivity index (χ3v) is 3.04. The molecule has 0 atom stereocenters. The molecule has 0 saturated heterocycles. The summed E-state index contributed by atoms with van der Waals surface area (Å²) >= 11 is 0. The summed E-state index contributed by atoms with van der Waals surface area (Å²) in [5.74, 6) is 1.18. The van der Waals surface area contributed by atoms with Gasteiger partial charge in [0.05, 0.1) is 6.61 Å². The molecule has 0 heterocycles. The van der Waals surface area contributed by atoms with Crippen LogP contribution in [0, 0.1) is 0 Å². The third kappa shape index (κ3) is 7.35. The lowest BCUT2D eigenvalue weighted by Crippen LogP contribution is -2.42. The Morgan fingerprint density at radius 3 is 2.38 bits per heavy atom. The van der Waals surface area contributed by atoms with Crippen LogP contribution in [0.3, 0.4) is 0 Å². The van der Waals surface area contributed by atoms with E-state index in [-0.39, 0.29) is 12.5 Å². The lowest BCUT2D eigenvalue weighted by atomic mass is 10.2. The van der Waals surface area contributed by atoms with E-state index in [1.165, 1.54) is 0 Å². The van der Waals surface area contributed by atoms with E-state index in [1.54, 1.807) is 7.05 Å². The van der Waals surface area contributed by atoms with E-state index < -0.39 is 5.60 Å². The Hall–Kier alpha value is -2.24. The van der Waals surface area contributed by atoms with Crippen molar-refractivity contribution < 1.29 is 14.3 Å². The Bertz CT molecular complexity index is 548. The number of carbonyl (C=O) groups is 1. The van der Waals surface area contributed by atoms with Gasteiger partial charge in [-0.15, -0.1) is 0 Å². The largest absolute Gasteiger partial charge is 0.494 e. The first kappa shape index (κ1) is 19.8. The quantitative estimate of drug-likeness (QED) is 0.491. The van der Waals surface area contributed by atoms with Crippen molar-refractivity contribution in [3.05, 3.63) is 29.8 Å². The Morgan fingerprint density at radius 2 is 1.88 bits per heavy atom. The summed E-state index contributed by atoms with van der Waals surface area (Å²) in [6.07, 6.45) is 0. The van der Waals surface area contributed by atoms with E-state index in [2.05, 4.69) is 10.3 Å². The highest BCUT2D eigenvalue weighted by Gasteiger charge is 2.17. The van der Waals surface area contributed by atoms with Crippen LogP contribution in [0.2, 0.25) is 0 Å². The van der Waals surface area contributed by atoms with Gasteiger partial charge in [0.25, 0.3) is 0 Å². The van der Waals surface area contributed by atoms with Gasteiger partial charge in [-0.05, 0) is 45.4 Å². The molecule has 0 aliphatic rings. The number of benzene rings is 1. The molecule has 1 N–H and O–H groups in total. The van der Waals surface area contributed by atoms with E-state index >= 15 is 0 Å². The summed E-state index contributed by atoms with van der Waals surface area (Å²) in [6.45, 7) is 8.90. The minimum Gasteiger partial charge on any atom is -0.494 e. The van der Waals surface area contributed by atoms with E-state index in [0.717, 1.165) is 11.3 Å². The number of hydrogen-bond acceptors (Lipinski definition) is 4. The van der Waals surface area contributed by atoms with Crippen LogP contribution in [-0.4, -0.2) is 49.7 Å². The fourth-order valence-corrected chi connectivity index (χ4v) is 2.12. The summed E-state index contributed by atoms with van der Waals surface area (Å²) in [5, 5.41) is 3.02. The van der Waals surface area contributed by atoms with Gasteiger partial charge in [0.2, 0.25) is 0 Å². The van der Waals surface area contributed by atoms with Crippen molar-refractivity contribution >= 4 is 11.9 Å². The molecule has 0 bridgehead atoms. The molecule has 0 amide bonds. The van der Waals surface area contributed by atoms with Gasteiger partial charge in [-0.1, -0.05) is 12.1 Å². The molecule has 6 heteroatoms. The fourth-order valence-electron chi connectivity index (χ4n) is 2.12. The molecule has 0 radical (unpaired) electrons. The number of nitrogens with zero attached hydrogens (tertiary/aromatic N) is 2.